The maximum atomic E-state index is 10.3. The third-order valence-electron chi connectivity index (χ3n) is 1.51. The molecule has 2 aromatic rings. The molecule has 0 saturated heterocycles. The van der Waals surface area contributed by atoms with Crippen LogP contribution in [0.1, 0.15) is 0 Å². The number of para-hydroxylation sites is 1. The standard InChI is InChI=1S/C7H3IN2O3/c8-4-2-1-3-5-6(4)13-7(9-5)10(11)12/h1-3H. The van der Waals surface area contributed by atoms with Crippen molar-refractivity contribution in [1.82, 2.24) is 4.98 Å². The van der Waals surface area contributed by atoms with E-state index in [0.29, 0.717) is 11.1 Å². The summed E-state index contributed by atoms with van der Waals surface area (Å²) in [5.74, 6) is 0. The van der Waals surface area contributed by atoms with Gasteiger partial charge >= 0.3 is 6.01 Å². The van der Waals surface area contributed by atoms with Crippen LogP contribution in [-0.4, -0.2) is 9.91 Å². The molecule has 0 aliphatic heterocycles. The zero-order valence-corrected chi connectivity index (χ0v) is 8.39. The molecule has 0 atom stereocenters. The van der Waals surface area contributed by atoms with Crippen LogP contribution < -0.4 is 0 Å². The summed E-state index contributed by atoms with van der Waals surface area (Å²) in [6.45, 7) is 0. The highest BCUT2D eigenvalue weighted by atomic mass is 127. The van der Waals surface area contributed by atoms with Gasteiger partial charge in [0.15, 0.2) is 5.58 Å². The van der Waals surface area contributed by atoms with Crippen LogP contribution in [0.3, 0.4) is 0 Å². The molecule has 1 aromatic heterocycles. The first-order valence-corrected chi connectivity index (χ1v) is 4.46. The third-order valence-corrected chi connectivity index (χ3v) is 2.36. The van der Waals surface area contributed by atoms with E-state index in [1.807, 2.05) is 22.6 Å². The summed E-state index contributed by atoms with van der Waals surface area (Å²) in [5.41, 5.74) is 0.980. The number of halogens is 1. The van der Waals surface area contributed by atoms with Crippen LogP contribution in [-0.2, 0) is 0 Å². The number of benzene rings is 1. The van der Waals surface area contributed by atoms with Crippen LogP contribution in [0.15, 0.2) is 22.6 Å². The Morgan fingerprint density at radius 1 is 1.54 bits per heavy atom. The lowest BCUT2D eigenvalue weighted by atomic mass is 10.3. The second-order valence-electron chi connectivity index (χ2n) is 2.34. The van der Waals surface area contributed by atoms with Crippen LogP contribution in [0, 0.1) is 13.7 Å². The molecule has 0 unspecified atom stereocenters. The summed E-state index contributed by atoms with van der Waals surface area (Å²) < 4.78 is 5.76. The van der Waals surface area contributed by atoms with Crippen LogP contribution in [0.4, 0.5) is 6.01 Å². The molecule has 0 N–H and O–H groups in total. The fraction of sp³-hybridized carbons (Fsp3) is 0. The van der Waals surface area contributed by atoms with E-state index in [1.165, 1.54) is 0 Å². The molecule has 13 heavy (non-hydrogen) atoms. The van der Waals surface area contributed by atoms with Crippen molar-refractivity contribution >= 4 is 39.7 Å². The highest BCUT2D eigenvalue weighted by Crippen LogP contribution is 2.24. The Bertz CT molecular complexity index is 480. The van der Waals surface area contributed by atoms with Gasteiger partial charge in [0.2, 0.25) is 5.52 Å². The SMILES string of the molecule is O=[N+]([O-])c1nc2cccc(I)c2o1. The van der Waals surface area contributed by atoms with Gasteiger partial charge in [-0.25, -0.2) is 0 Å². The fourth-order valence-corrected chi connectivity index (χ4v) is 1.58. The molecule has 0 fully saturated rings. The smallest absolute Gasteiger partial charge is 0.380 e. The van der Waals surface area contributed by atoms with Gasteiger partial charge < -0.3 is 14.5 Å². The van der Waals surface area contributed by atoms with Crippen molar-refractivity contribution in [3.05, 3.63) is 31.9 Å². The summed E-state index contributed by atoms with van der Waals surface area (Å²) in [6.07, 6.45) is 0. The van der Waals surface area contributed by atoms with Crippen molar-refractivity contribution in [2.24, 2.45) is 0 Å². The molecule has 0 radical (unpaired) electrons. The lowest BCUT2D eigenvalue weighted by molar-refractivity contribution is -0.406. The molecule has 5 nitrogen and oxygen atoms in total. The summed E-state index contributed by atoms with van der Waals surface area (Å²) in [7, 11) is 0. The van der Waals surface area contributed by atoms with E-state index in [2.05, 4.69) is 4.98 Å². The number of nitro groups is 1. The maximum Gasteiger partial charge on any atom is 0.546 e. The van der Waals surface area contributed by atoms with Crippen molar-refractivity contribution in [3.63, 3.8) is 0 Å². The molecule has 1 aromatic carbocycles. The normalized spacial score (nSPS) is 10.5. The van der Waals surface area contributed by atoms with Crippen LogP contribution in [0.2, 0.25) is 0 Å². The number of hydrogen-bond donors (Lipinski definition) is 0. The van der Waals surface area contributed by atoms with Gasteiger partial charge in [0.25, 0.3) is 0 Å². The lowest BCUT2D eigenvalue weighted by Gasteiger charge is -1.85. The predicted octanol–water partition coefficient (Wildman–Crippen LogP) is 2.34. The number of nitrogens with zero attached hydrogens (tertiary/aromatic N) is 2. The van der Waals surface area contributed by atoms with Crippen LogP contribution in [0.25, 0.3) is 11.1 Å². The van der Waals surface area contributed by atoms with Gasteiger partial charge in [-0.2, -0.15) is 0 Å². The first kappa shape index (κ1) is 8.42. The highest BCUT2D eigenvalue weighted by molar-refractivity contribution is 14.1. The van der Waals surface area contributed by atoms with E-state index < -0.39 is 10.9 Å². The van der Waals surface area contributed by atoms with Crippen LogP contribution in [0.5, 0.6) is 0 Å². The quantitative estimate of drug-likeness (QED) is 0.459. The van der Waals surface area contributed by atoms with E-state index in [0.717, 1.165) is 3.57 Å². The summed E-state index contributed by atoms with van der Waals surface area (Å²) in [6, 6.07) is 4.79. The average Bonchev–Trinajstić information content (AvgIpc) is 2.49. The minimum atomic E-state index is -0.643. The van der Waals surface area contributed by atoms with E-state index in [-0.39, 0.29) is 0 Å². The molecular formula is C7H3IN2O3. The van der Waals surface area contributed by atoms with Gasteiger partial charge in [-0.05, 0) is 34.7 Å². The zero-order valence-electron chi connectivity index (χ0n) is 6.23. The molecule has 0 amide bonds. The second-order valence-corrected chi connectivity index (χ2v) is 3.50. The summed E-state index contributed by atoms with van der Waals surface area (Å²) in [4.78, 5) is 13.4. The first-order valence-electron chi connectivity index (χ1n) is 3.38. The number of hydrogen-bond acceptors (Lipinski definition) is 4. The topological polar surface area (TPSA) is 69.2 Å². The van der Waals surface area contributed by atoms with E-state index >= 15 is 0 Å². The van der Waals surface area contributed by atoms with Crippen molar-refractivity contribution < 1.29 is 9.34 Å². The Morgan fingerprint density at radius 3 is 2.92 bits per heavy atom. The molecule has 0 saturated carbocycles. The molecule has 6 heteroatoms. The van der Waals surface area contributed by atoms with Gasteiger partial charge in [-0.3, -0.25) is 0 Å². The lowest BCUT2D eigenvalue weighted by Crippen LogP contribution is -1.85. The Morgan fingerprint density at radius 2 is 2.31 bits per heavy atom. The fourth-order valence-electron chi connectivity index (χ4n) is 0.982. The molecule has 0 aliphatic rings. The van der Waals surface area contributed by atoms with Gasteiger partial charge in [-0.15, -0.1) is 0 Å². The predicted molar refractivity (Wildman–Crippen MR) is 53.4 cm³/mol. The van der Waals surface area contributed by atoms with Gasteiger partial charge in [-0.1, -0.05) is 6.07 Å². The average molecular weight is 290 g/mol. The minimum Gasteiger partial charge on any atom is -0.380 e. The van der Waals surface area contributed by atoms with E-state index in [4.69, 9.17) is 4.42 Å². The highest BCUT2D eigenvalue weighted by Gasteiger charge is 2.18. The molecule has 0 aliphatic carbocycles. The van der Waals surface area contributed by atoms with Crippen molar-refractivity contribution in [2.75, 3.05) is 0 Å². The van der Waals surface area contributed by atoms with Gasteiger partial charge in [0.1, 0.15) is 0 Å². The van der Waals surface area contributed by atoms with Gasteiger partial charge in [0.05, 0.1) is 3.57 Å². The monoisotopic (exact) mass is 290 g/mol. The molecule has 2 rings (SSSR count). The number of aromatic nitrogens is 1. The summed E-state index contributed by atoms with van der Waals surface area (Å²) >= 11 is 2.04. The largest absolute Gasteiger partial charge is 0.546 e. The molecule has 1 heterocycles. The number of oxazole rings is 1. The van der Waals surface area contributed by atoms with Crippen LogP contribution >= 0.6 is 22.6 Å². The Labute approximate surface area is 86.0 Å². The number of rotatable bonds is 1. The Hall–Kier alpha value is -1.18. The zero-order chi connectivity index (χ0) is 9.42. The Kier molecular flexibility index (Phi) is 1.91. The molecule has 0 spiro atoms. The molecule has 0 bridgehead atoms. The molecule has 66 valence electrons. The summed E-state index contributed by atoms with van der Waals surface area (Å²) in [5, 5.41) is 10.3. The van der Waals surface area contributed by atoms with Gasteiger partial charge in [0, 0.05) is 9.91 Å². The minimum absolute atomic E-state index is 0.459. The van der Waals surface area contributed by atoms with Crippen molar-refractivity contribution in [2.45, 2.75) is 0 Å². The Balaban J connectivity index is 2.75. The van der Waals surface area contributed by atoms with E-state index in [9.17, 15) is 10.1 Å². The molecular weight excluding hydrogens is 287 g/mol. The van der Waals surface area contributed by atoms with Crippen molar-refractivity contribution in [1.29, 1.82) is 0 Å². The number of fused-ring (bicyclic) bond motifs is 1. The van der Waals surface area contributed by atoms with E-state index in [1.54, 1.807) is 18.2 Å². The second kappa shape index (κ2) is 2.95. The van der Waals surface area contributed by atoms with Crippen molar-refractivity contribution in [3.8, 4) is 0 Å². The first-order chi connectivity index (χ1) is 6.18. The maximum absolute atomic E-state index is 10.3. The third kappa shape index (κ3) is 1.37.